The van der Waals surface area contributed by atoms with Gasteiger partial charge in [0.25, 0.3) is 0 Å². The summed E-state index contributed by atoms with van der Waals surface area (Å²) in [6, 6.07) is 19.3. The van der Waals surface area contributed by atoms with E-state index >= 15 is 0 Å². The molecule has 1 atom stereocenters. The molecular formula is C30H28ClN7O4. The molecule has 0 saturated carbocycles. The van der Waals surface area contributed by atoms with Crippen LogP contribution in [-0.4, -0.2) is 62.7 Å². The van der Waals surface area contributed by atoms with Crippen molar-refractivity contribution >= 4 is 41.3 Å². The molecule has 12 heteroatoms. The van der Waals surface area contributed by atoms with Gasteiger partial charge in [0.15, 0.2) is 0 Å². The third kappa shape index (κ3) is 6.99. The minimum Gasteiger partial charge on any atom is -0.453 e. The number of methoxy groups -OCH3 is 1. The topological polar surface area (TPSA) is 131 Å². The largest absolute Gasteiger partial charge is 0.453 e. The van der Waals surface area contributed by atoms with E-state index in [4.69, 9.17) is 16.3 Å². The molecule has 2 heterocycles. The van der Waals surface area contributed by atoms with Crippen molar-refractivity contribution in [3.63, 3.8) is 0 Å². The van der Waals surface area contributed by atoms with Crippen molar-refractivity contribution in [3.8, 4) is 5.69 Å². The van der Waals surface area contributed by atoms with Gasteiger partial charge in [-0.1, -0.05) is 48.0 Å². The number of aromatic nitrogens is 4. The number of ether oxygens (including phenoxy) is 1. The zero-order valence-corrected chi connectivity index (χ0v) is 23.5. The molecule has 4 aromatic rings. The van der Waals surface area contributed by atoms with Crippen LogP contribution in [-0.2, 0) is 33.7 Å². The highest BCUT2D eigenvalue weighted by Gasteiger charge is 2.24. The SMILES string of the molecule is COC(=O)N1CCc2cc(NC(=O)C(Cc3ccccc3)NC(=O)C=Cc3cc(Cl)ccc3-n3cnnn3)ccc2C1. The first-order chi connectivity index (χ1) is 20.4. The lowest BCUT2D eigenvalue weighted by Crippen LogP contribution is -2.44. The van der Waals surface area contributed by atoms with Gasteiger partial charge >= 0.3 is 6.09 Å². The molecule has 0 aliphatic carbocycles. The minimum absolute atomic E-state index is 0.290. The Kier molecular flexibility index (Phi) is 8.88. The maximum absolute atomic E-state index is 13.5. The first kappa shape index (κ1) is 28.5. The zero-order chi connectivity index (χ0) is 29.5. The second-order valence-electron chi connectivity index (χ2n) is 9.66. The Morgan fingerprint density at radius 1 is 1.07 bits per heavy atom. The maximum atomic E-state index is 13.5. The summed E-state index contributed by atoms with van der Waals surface area (Å²) in [6.07, 6.45) is 4.94. The van der Waals surface area contributed by atoms with Crippen LogP contribution in [0.15, 0.2) is 79.1 Å². The summed E-state index contributed by atoms with van der Waals surface area (Å²) in [7, 11) is 1.36. The predicted octanol–water partition coefficient (Wildman–Crippen LogP) is 3.82. The van der Waals surface area contributed by atoms with Crippen molar-refractivity contribution < 1.29 is 19.1 Å². The summed E-state index contributed by atoms with van der Waals surface area (Å²) in [5.41, 5.74) is 4.79. The number of anilines is 1. The molecule has 0 radical (unpaired) electrons. The van der Waals surface area contributed by atoms with Crippen LogP contribution in [0.3, 0.4) is 0 Å². The van der Waals surface area contributed by atoms with Gasteiger partial charge in [-0.25, -0.2) is 4.79 Å². The Labute approximate surface area is 247 Å². The third-order valence-electron chi connectivity index (χ3n) is 6.83. The maximum Gasteiger partial charge on any atom is 0.409 e. The highest BCUT2D eigenvalue weighted by molar-refractivity contribution is 6.30. The molecule has 1 aliphatic rings. The molecule has 42 heavy (non-hydrogen) atoms. The number of fused-ring (bicyclic) bond motifs is 1. The number of rotatable bonds is 8. The number of nitrogens with zero attached hydrogens (tertiary/aromatic N) is 5. The molecule has 3 amide bonds. The molecule has 0 saturated heterocycles. The highest BCUT2D eigenvalue weighted by Crippen LogP contribution is 2.24. The van der Waals surface area contributed by atoms with E-state index in [9.17, 15) is 14.4 Å². The Morgan fingerprint density at radius 2 is 1.90 bits per heavy atom. The second kappa shape index (κ2) is 13.1. The van der Waals surface area contributed by atoms with E-state index in [0.717, 1.165) is 16.7 Å². The van der Waals surface area contributed by atoms with E-state index in [1.54, 1.807) is 35.2 Å². The standard InChI is InChI=1S/C30H28ClN7O4/c1-42-30(41)37-14-13-21-17-25(10-7-23(21)18-37)33-29(40)26(15-20-5-3-2-4-6-20)34-28(39)12-8-22-16-24(31)9-11-27(22)38-19-32-35-36-38/h2-12,16-17,19,26H,13-15,18H2,1H3,(H,33,40)(H,34,39). The minimum atomic E-state index is -0.853. The van der Waals surface area contributed by atoms with Crippen LogP contribution in [0, 0.1) is 0 Å². The normalized spacial score (nSPS) is 13.3. The van der Waals surface area contributed by atoms with Crippen molar-refractivity contribution in [1.29, 1.82) is 0 Å². The van der Waals surface area contributed by atoms with E-state index < -0.39 is 11.9 Å². The Morgan fingerprint density at radius 3 is 2.67 bits per heavy atom. The number of halogens is 1. The number of amides is 3. The first-order valence-corrected chi connectivity index (χ1v) is 13.6. The molecule has 1 aromatic heterocycles. The van der Waals surface area contributed by atoms with Crippen molar-refractivity contribution in [2.24, 2.45) is 0 Å². The van der Waals surface area contributed by atoms with E-state index in [2.05, 4.69) is 26.2 Å². The van der Waals surface area contributed by atoms with Crippen LogP contribution in [0.1, 0.15) is 22.3 Å². The van der Waals surface area contributed by atoms with Crippen LogP contribution in [0.4, 0.5) is 10.5 Å². The number of hydrogen-bond donors (Lipinski definition) is 2. The molecule has 1 aliphatic heterocycles. The lowest BCUT2D eigenvalue weighted by molar-refractivity contribution is -0.123. The molecule has 5 rings (SSSR count). The zero-order valence-electron chi connectivity index (χ0n) is 22.7. The fourth-order valence-corrected chi connectivity index (χ4v) is 4.91. The molecular weight excluding hydrogens is 558 g/mol. The Bertz CT molecular complexity index is 1610. The Balaban J connectivity index is 1.31. The van der Waals surface area contributed by atoms with Crippen molar-refractivity contribution in [2.75, 3.05) is 19.0 Å². The highest BCUT2D eigenvalue weighted by atomic mass is 35.5. The summed E-state index contributed by atoms with van der Waals surface area (Å²) in [4.78, 5) is 40.1. The number of carbonyl (C=O) groups is 3. The number of hydrogen-bond acceptors (Lipinski definition) is 7. The summed E-state index contributed by atoms with van der Waals surface area (Å²) in [5.74, 6) is -0.813. The summed E-state index contributed by atoms with van der Waals surface area (Å²) in [5, 5.41) is 17.5. The number of nitrogens with one attached hydrogen (secondary N) is 2. The van der Waals surface area contributed by atoms with Crippen LogP contribution in [0.5, 0.6) is 0 Å². The average molecular weight is 586 g/mol. The lowest BCUT2D eigenvalue weighted by atomic mass is 9.99. The first-order valence-electron chi connectivity index (χ1n) is 13.2. The third-order valence-corrected chi connectivity index (χ3v) is 7.07. The van der Waals surface area contributed by atoms with Crippen LogP contribution in [0.2, 0.25) is 5.02 Å². The van der Waals surface area contributed by atoms with Crippen molar-refractivity contribution in [1.82, 2.24) is 30.4 Å². The molecule has 2 N–H and O–H groups in total. The molecule has 0 spiro atoms. The van der Waals surface area contributed by atoms with Crippen LogP contribution in [0.25, 0.3) is 11.8 Å². The second-order valence-corrected chi connectivity index (χ2v) is 10.1. The molecule has 0 fully saturated rings. The van der Waals surface area contributed by atoms with Crippen LogP contribution >= 0.6 is 11.6 Å². The molecule has 214 valence electrons. The van der Waals surface area contributed by atoms with Crippen molar-refractivity contribution in [3.05, 3.63) is 106 Å². The van der Waals surface area contributed by atoms with Gasteiger partial charge in [0, 0.05) is 41.9 Å². The van der Waals surface area contributed by atoms with Gasteiger partial charge in [-0.2, -0.15) is 4.68 Å². The van der Waals surface area contributed by atoms with Crippen LogP contribution < -0.4 is 10.6 Å². The van der Waals surface area contributed by atoms with Gasteiger partial charge in [0.2, 0.25) is 11.8 Å². The predicted molar refractivity (Wildman–Crippen MR) is 157 cm³/mol. The van der Waals surface area contributed by atoms with Gasteiger partial charge in [-0.05, 0) is 69.9 Å². The van der Waals surface area contributed by atoms with E-state index in [0.29, 0.717) is 47.9 Å². The summed E-state index contributed by atoms with van der Waals surface area (Å²) >= 11 is 6.19. The average Bonchev–Trinajstić information content (AvgIpc) is 3.54. The summed E-state index contributed by atoms with van der Waals surface area (Å²) < 4.78 is 6.30. The molecule has 0 bridgehead atoms. The summed E-state index contributed by atoms with van der Waals surface area (Å²) in [6.45, 7) is 0.967. The van der Waals surface area contributed by atoms with Gasteiger partial charge < -0.3 is 20.3 Å². The van der Waals surface area contributed by atoms with E-state index in [1.807, 2.05) is 42.5 Å². The van der Waals surface area contributed by atoms with E-state index in [1.165, 1.54) is 24.2 Å². The van der Waals surface area contributed by atoms with Gasteiger partial charge in [0.1, 0.15) is 12.4 Å². The quantitative estimate of drug-likeness (QED) is 0.301. The fourth-order valence-electron chi connectivity index (χ4n) is 4.73. The smallest absolute Gasteiger partial charge is 0.409 e. The monoisotopic (exact) mass is 585 g/mol. The Hall–Kier alpha value is -5.03. The molecule has 1 unspecified atom stereocenters. The van der Waals surface area contributed by atoms with Gasteiger partial charge in [-0.3, -0.25) is 9.59 Å². The number of carbonyl (C=O) groups excluding carboxylic acids is 3. The fraction of sp³-hybridized carbons (Fsp3) is 0.200. The number of benzene rings is 3. The number of tetrazole rings is 1. The lowest BCUT2D eigenvalue weighted by Gasteiger charge is -2.28. The van der Waals surface area contributed by atoms with Crippen molar-refractivity contribution in [2.45, 2.75) is 25.4 Å². The van der Waals surface area contributed by atoms with Gasteiger partial charge in [-0.15, -0.1) is 5.10 Å². The molecule has 11 nitrogen and oxygen atoms in total. The molecule has 3 aromatic carbocycles. The van der Waals surface area contributed by atoms with Gasteiger partial charge in [0.05, 0.1) is 12.8 Å². The van der Waals surface area contributed by atoms with E-state index in [-0.39, 0.29) is 12.0 Å².